The molecule has 90 valence electrons. The van der Waals surface area contributed by atoms with Gasteiger partial charge in [-0.2, -0.15) is 0 Å². The second kappa shape index (κ2) is 5.89. The van der Waals surface area contributed by atoms with E-state index < -0.39 is 23.5 Å². The summed E-state index contributed by atoms with van der Waals surface area (Å²) in [4.78, 5) is 0. The van der Waals surface area contributed by atoms with Crippen LogP contribution in [0.2, 0.25) is 0 Å². The zero-order chi connectivity index (χ0) is 12.1. The van der Waals surface area contributed by atoms with Crippen LogP contribution in [-0.2, 0) is 0 Å². The van der Waals surface area contributed by atoms with Gasteiger partial charge in [0.05, 0.1) is 0 Å². The number of nitrogens with one attached hydrogen (secondary N) is 1. The molecule has 0 bridgehead atoms. The summed E-state index contributed by atoms with van der Waals surface area (Å²) < 4.78 is 39.6. The van der Waals surface area contributed by atoms with Gasteiger partial charge in [-0.25, -0.2) is 13.2 Å². The van der Waals surface area contributed by atoms with E-state index in [9.17, 15) is 13.2 Å². The van der Waals surface area contributed by atoms with Gasteiger partial charge < -0.3 is 5.32 Å². The van der Waals surface area contributed by atoms with E-state index in [0.29, 0.717) is 18.6 Å². The molecule has 0 amide bonds. The van der Waals surface area contributed by atoms with Crippen molar-refractivity contribution < 1.29 is 13.2 Å². The van der Waals surface area contributed by atoms with Crippen molar-refractivity contribution in [1.29, 1.82) is 0 Å². The molecule has 0 aliphatic rings. The van der Waals surface area contributed by atoms with E-state index in [1.807, 2.05) is 6.92 Å². The number of hydrogen-bond acceptors (Lipinski definition) is 1. The van der Waals surface area contributed by atoms with Gasteiger partial charge in [0.15, 0.2) is 0 Å². The maximum atomic E-state index is 13.5. The van der Waals surface area contributed by atoms with Gasteiger partial charge in [0.2, 0.25) is 0 Å². The Morgan fingerprint density at radius 3 is 2.19 bits per heavy atom. The Balaban J connectivity index is 2.99. The lowest BCUT2D eigenvalue weighted by Crippen LogP contribution is -2.19. The van der Waals surface area contributed by atoms with Crippen molar-refractivity contribution >= 4 is 0 Å². The summed E-state index contributed by atoms with van der Waals surface area (Å²) in [6, 6.07) is 1.03. The number of benzene rings is 1. The van der Waals surface area contributed by atoms with Crippen molar-refractivity contribution in [2.75, 3.05) is 7.05 Å². The second-order valence-electron chi connectivity index (χ2n) is 3.77. The first kappa shape index (κ1) is 13.0. The molecule has 16 heavy (non-hydrogen) atoms. The van der Waals surface area contributed by atoms with E-state index in [-0.39, 0.29) is 5.56 Å². The Morgan fingerprint density at radius 1 is 1.19 bits per heavy atom. The third-order valence-corrected chi connectivity index (χ3v) is 2.59. The van der Waals surface area contributed by atoms with Crippen LogP contribution in [0.3, 0.4) is 0 Å². The number of halogens is 3. The van der Waals surface area contributed by atoms with Crippen LogP contribution in [0.5, 0.6) is 0 Å². The first-order valence-corrected chi connectivity index (χ1v) is 5.41. The quantitative estimate of drug-likeness (QED) is 0.817. The van der Waals surface area contributed by atoms with Crippen molar-refractivity contribution in [2.24, 2.45) is 0 Å². The normalized spacial score (nSPS) is 12.8. The Kier molecular flexibility index (Phi) is 4.80. The standard InChI is InChI=1S/C12H16F3N/c1-3-4-5-11(16-2)12-9(14)6-8(13)7-10(12)15/h6-7,11,16H,3-5H2,1-2H3. The van der Waals surface area contributed by atoms with Crippen LogP contribution in [0.4, 0.5) is 13.2 Å². The minimum absolute atomic E-state index is 0.0719. The summed E-state index contributed by atoms with van der Waals surface area (Å²) >= 11 is 0. The minimum atomic E-state index is -0.885. The van der Waals surface area contributed by atoms with Gasteiger partial charge in [0, 0.05) is 23.7 Å². The SMILES string of the molecule is CCCCC(NC)c1c(F)cc(F)cc1F. The second-order valence-corrected chi connectivity index (χ2v) is 3.77. The molecule has 0 aliphatic carbocycles. The lowest BCUT2D eigenvalue weighted by Gasteiger charge is -2.17. The molecule has 1 N–H and O–H groups in total. The summed E-state index contributed by atoms with van der Waals surface area (Å²) in [6.07, 6.45) is 2.44. The molecular weight excluding hydrogens is 215 g/mol. The molecule has 1 nitrogen and oxygen atoms in total. The maximum absolute atomic E-state index is 13.5. The van der Waals surface area contributed by atoms with E-state index in [1.54, 1.807) is 7.05 Å². The third-order valence-electron chi connectivity index (χ3n) is 2.59. The maximum Gasteiger partial charge on any atom is 0.133 e. The van der Waals surface area contributed by atoms with Gasteiger partial charge in [0.1, 0.15) is 17.5 Å². The summed E-state index contributed by atoms with van der Waals surface area (Å²) in [5.41, 5.74) is -0.0719. The van der Waals surface area contributed by atoms with Gasteiger partial charge in [-0.3, -0.25) is 0 Å². The average Bonchev–Trinajstić information content (AvgIpc) is 2.21. The predicted octanol–water partition coefficient (Wildman–Crippen LogP) is 3.55. The van der Waals surface area contributed by atoms with E-state index >= 15 is 0 Å². The topological polar surface area (TPSA) is 12.0 Å². The fourth-order valence-electron chi connectivity index (χ4n) is 1.73. The molecule has 1 aromatic carbocycles. The average molecular weight is 231 g/mol. The number of rotatable bonds is 5. The minimum Gasteiger partial charge on any atom is -0.313 e. The van der Waals surface area contributed by atoms with Crippen LogP contribution in [0.1, 0.15) is 37.8 Å². The predicted molar refractivity (Wildman–Crippen MR) is 57.6 cm³/mol. The molecule has 1 aromatic rings. The fraction of sp³-hybridized carbons (Fsp3) is 0.500. The molecule has 0 aromatic heterocycles. The van der Waals surface area contributed by atoms with E-state index in [4.69, 9.17) is 0 Å². The molecule has 0 fully saturated rings. The molecule has 0 saturated carbocycles. The van der Waals surface area contributed by atoms with E-state index in [1.165, 1.54) is 0 Å². The summed E-state index contributed by atoms with van der Waals surface area (Å²) in [6.45, 7) is 2.00. The largest absolute Gasteiger partial charge is 0.313 e. The molecule has 0 radical (unpaired) electrons. The van der Waals surface area contributed by atoms with E-state index in [2.05, 4.69) is 5.32 Å². The molecule has 0 heterocycles. The van der Waals surface area contributed by atoms with Gasteiger partial charge in [-0.1, -0.05) is 19.8 Å². The summed E-state index contributed by atoms with van der Waals surface area (Å²) in [5, 5.41) is 2.85. The zero-order valence-electron chi connectivity index (χ0n) is 9.49. The molecule has 1 rings (SSSR count). The third kappa shape index (κ3) is 2.98. The smallest absolute Gasteiger partial charge is 0.133 e. The van der Waals surface area contributed by atoms with Crippen LogP contribution in [-0.4, -0.2) is 7.05 Å². The van der Waals surface area contributed by atoms with Crippen molar-refractivity contribution in [2.45, 2.75) is 32.2 Å². The molecule has 0 saturated heterocycles. The molecule has 1 atom stereocenters. The van der Waals surface area contributed by atoms with Crippen molar-refractivity contribution in [3.63, 3.8) is 0 Å². The highest BCUT2D eigenvalue weighted by molar-refractivity contribution is 5.24. The van der Waals surface area contributed by atoms with Gasteiger partial charge in [-0.05, 0) is 13.5 Å². The van der Waals surface area contributed by atoms with Crippen LogP contribution in [0.25, 0.3) is 0 Å². The number of hydrogen-bond donors (Lipinski definition) is 1. The van der Waals surface area contributed by atoms with Crippen LogP contribution in [0, 0.1) is 17.5 Å². The fourth-order valence-corrected chi connectivity index (χ4v) is 1.73. The number of unbranched alkanes of at least 4 members (excludes halogenated alkanes) is 1. The Labute approximate surface area is 93.7 Å². The van der Waals surface area contributed by atoms with Gasteiger partial charge in [-0.15, -0.1) is 0 Å². The highest BCUT2D eigenvalue weighted by atomic mass is 19.1. The van der Waals surface area contributed by atoms with Crippen LogP contribution < -0.4 is 5.32 Å². The molecule has 0 spiro atoms. The lowest BCUT2D eigenvalue weighted by atomic mass is 10.00. The Morgan fingerprint density at radius 2 is 1.75 bits per heavy atom. The monoisotopic (exact) mass is 231 g/mol. The summed E-state index contributed by atoms with van der Waals surface area (Å²) in [5.74, 6) is -2.54. The first-order valence-electron chi connectivity index (χ1n) is 5.41. The van der Waals surface area contributed by atoms with Crippen molar-refractivity contribution in [3.8, 4) is 0 Å². The van der Waals surface area contributed by atoms with Crippen LogP contribution in [0.15, 0.2) is 12.1 Å². The van der Waals surface area contributed by atoms with Gasteiger partial charge >= 0.3 is 0 Å². The zero-order valence-corrected chi connectivity index (χ0v) is 9.49. The van der Waals surface area contributed by atoms with Crippen LogP contribution >= 0.6 is 0 Å². The first-order chi connectivity index (χ1) is 7.60. The lowest BCUT2D eigenvalue weighted by molar-refractivity contribution is 0.451. The molecule has 1 unspecified atom stereocenters. The Hall–Kier alpha value is -1.03. The molecule has 0 aliphatic heterocycles. The van der Waals surface area contributed by atoms with Crippen molar-refractivity contribution in [1.82, 2.24) is 5.32 Å². The highest BCUT2D eigenvalue weighted by Crippen LogP contribution is 2.25. The Bertz CT molecular complexity index is 329. The molecule has 4 heteroatoms. The van der Waals surface area contributed by atoms with E-state index in [0.717, 1.165) is 12.8 Å². The summed E-state index contributed by atoms with van der Waals surface area (Å²) in [7, 11) is 1.64. The van der Waals surface area contributed by atoms with Gasteiger partial charge in [0.25, 0.3) is 0 Å². The highest BCUT2D eigenvalue weighted by Gasteiger charge is 2.19. The van der Waals surface area contributed by atoms with Crippen molar-refractivity contribution in [3.05, 3.63) is 35.1 Å². The molecular formula is C12H16F3N.